The lowest BCUT2D eigenvalue weighted by Crippen LogP contribution is -2.45. The van der Waals surface area contributed by atoms with Crippen LogP contribution in [0.2, 0.25) is 15.1 Å². The van der Waals surface area contributed by atoms with Gasteiger partial charge in [-0.05, 0) is 39.3 Å². The Labute approximate surface area is 564 Å². The Hall–Kier alpha value is -8.36. The second-order valence-electron chi connectivity index (χ2n) is 23.3. The van der Waals surface area contributed by atoms with E-state index in [4.69, 9.17) is 50.1 Å². The average molecular weight is 1330 g/mol. The Bertz CT molecular complexity index is 4150. The van der Waals surface area contributed by atoms with Crippen LogP contribution in [0.4, 0.5) is 0 Å². The molecule has 492 valence electrons. The second-order valence-corrected chi connectivity index (χ2v) is 24.4. The highest BCUT2D eigenvalue weighted by molar-refractivity contribution is 6.39. The van der Waals surface area contributed by atoms with Crippen molar-refractivity contribution in [3.63, 3.8) is 0 Å². The van der Waals surface area contributed by atoms with Gasteiger partial charge in [0.05, 0.1) is 51.5 Å². The van der Waals surface area contributed by atoms with Crippen LogP contribution < -0.4 is 0 Å². The predicted octanol–water partition coefficient (Wildman–Crippen LogP) is 10.5. The summed E-state index contributed by atoms with van der Waals surface area (Å²) in [6, 6.07) is 36.1. The van der Waals surface area contributed by atoms with Crippen LogP contribution in [0.1, 0.15) is 22.3 Å². The Morgan fingerprint density at radius 1 is 0.372 bits per heavy atom. The number of imidazole rings is 1. The van der Waals surface area contributed by atoms with Crippen molar-refractivity contribution in [1.29, 1.82) is 0 Å². The molecule has 0 saturated carbocycles. The van der Waals surface area contributed by atoms with Crippen LogP contribution in [0.5, 0.6) is 0 Å². The number of hydrogen-bond donors (Lipinski definition) is 0. The SMILES string of the molecule is C.C.C.CN1CCN(CCn2nc(-c3ccccc3)c3c(Cl)c(-c4cccn4C)nnc32)CC1.CN1CCN(CCn2nc(-c3ccccc3)c3c(Cl)c(-n4cccn4)nnc32)CC1.CN1CCN(CCn2nc(-c3ccccc3)c3c(Cl)c(-n4ccnc4)nnc32)CC1. The van der Waals surface area contributed by atoms with Gasteiger partial charge in [0.2, 0.25) is 0 Å². The minimum atomic E-state index is 0. The number of aryl methyl sites for hydroxylation is 1. The molecule has 26 heteroatoms. The monoisotopic (exact) mass is 1330 g/mol. The summed E-state index contributed by atoms with van der Waals surface area (Å²) in [6.07, 6.45) is 10.7. The van der Waals surface area contributed by atoms with Gasteiger partial charge in [-0.2, -0.15) is 20.4 Å². The van der Waals surface area contributed by atoms with E-state index in [1.54, 1.807) is 28.0 Å². The summed E-state index contributed by atoms with van der Waals surface area (Å²) in [4.78, 5) is 18.6. The maximum absolute atomic E-state index is 6.95. The molecular weight excluding hydrogens is 1250 g/mol. The number of fused-ring (bicyclic) bond motifs is 3. The summed E-state index contributed by atoms with van der Waals surface area (Å²) in [6.45, 7) is 18.0. The topological polar surface area (TPSA) is 191 Å². The normalized spacial score (nSPS) is 15.3. The molecule has 23 nitrogen and oxygen atoms in total. The average Bonchev–Trinajstić information content (AvgIpc) is 1.61. The fourth-order valence-corrected chi connectivity index (χ4v) is 12.7. The molecule has 3 aliphatic rings. The molecule has 0 spiro atoms. The molecular formula is C68H84Cl3N23. The quantitative estimate of drug-likeness (QED) is 0.0941. The number of hydrogen-bond acceptors (Lipinski definition) is 17. The molecule has 94 heavy (non-hydrogen) atoms. The van der Waals surface area contributed by atoms with Gasteiger partial charge in [-0.25, -0.2) is 23.7 Å². The molecule has 3 aromatic carbocycles. The highest BCUT2D eigenvalue weighted by Gasteiger charge is 2.27. The van der Waals surface area contributed by atoms with Crippen molar-refractivity contribution < 1.29 is 0 Å². The van der Waals surface area contributed by atoms with Gasteiger partial charge in [0.1, 0.15) is 34.1 Å². The molecule has 0 atom stereocenters. The van der Waals surface area contributed by atoms with E-state index in [-0.39, 0.29) is 22.3 Å². The molecule has 3 saturated heterocycles. The summed E-state index contributed by atoms with van der Waals surface area (Å²) >= 11 is 20.6. The number of rotatable bonds is 15. The number of piperazine rings is 3. The maximum Gasteiger partial charge on any atom is 0.195 e. The Morgan fingerprint density at radius 3 is 1.16 bits per heavy atom. The first-order valence-electron chi connectivity index (χ1n) is 30.8. The molecule has 3 fully saturated rings. The van der Waals surface area contributed by atoms with Crippen molar-refractivity contribution in [2.75, 3.05) is 119 Å². The van der Waals surface area contributed by atoms with Crippen LogP contribution >= 0.6 is 34.8 Å². The van der Waals surface area contributed by atoms with E-state index in [0.29, 0.717) is 43.7 Å². The van der Waals surface area contributed by atoms with E-state index in [1.807, 2.05) is 141 Å². The zero-order valence-corrected chi connectivity index (χ0v) is 53.8. The Morgan fingerprint density at radius 2 is 0.777 bits per heavy atom. The van der Waals surface area contributed by atoms with Gasteiger partial charge in [-0.3, -0.25) is 19.3 Å². The number of halogens is 3. The summed E-state index contributed by atoms with van der Waals surface area (Å²) in [7, 11) is 8.49. The standard InChI is InChI=1S/C23H26ClN7.2C21H23ClN8.3CH4/c1-28-11-13-30(14-12-28)15-16-31-23-19(21(27-31)17-7-4-3-5-8-17)20(24)22(25-26-23)18-9-6-10-29(18)2;1-27-10-12-28(13-11-27)14-15-30-20-17(19(26-30)16-6-3-2-4-7-16)18(22)21(25-24-20)29-9-5-8-23-29;1-27-9-11-28(12-10-27)13-14-30-20-17(19(26-30)16-5-3-2-4-6-16)18(22)21(25-24-20)29-8-7-23-15-29;;;/h3-10H,11-16H2,1-2H3;2-9H,10-15H2,1H3;2-8,15H,9-14H2,1H3;3*1H4. The van der Waals surface area contributed by atoms with E-state index < -0.39 is 0 Å². The molecule has 0 unspecified atom stereocenters. The van der Waals surface area contributed by atoms with Crippen LogP contribution in [-0.4, -0.2) is 233 Å². The van der Waals surface area contributed by atoms with Gasteiger partial charge in [-0.15, -0.1) is 30.6 Å². The number of aromatic nitrogens is 17. The van der Waals surface area contributed by atoms with E-state index in [2.05, 4.69) is 103 Å². The van der Waals surface area contributed by atoms with Gasteiger partial charge < -0.3 is 19.3 Å². The first-order chi connectivity index (χ1) is 44.5. The third-order valence-corrected chi connectivity index (χ3v) is 18.3. The third-order valence-electron chi connectivity index (χ3n) is 17.2. The molecule has 3 aliphatic heterocycles. The van der Waals surface area contributed by atoms with Crippen LogP contribution in [0.3, 0.4) is 0 Å². The molecule has 12 heterocycles. The van der Waals surface area contributed by atoms with Crippen LogP contribution in [0, 0.1) is 0 Å². The Balaban J connectivity index is 0.000000152. The summed E-state index contributed by atoms with van der Waals surface area (Å²) in [5.74, 6) is 1.06. The minimum Gasteiger partial charge on any atom is -0.349 e. The van der Waals surface area contributed by atoms with Gasteiger partial charge in [-0.1, -0.05) is 148 Å². The van der Waals surface area contributed by atoms with E-state index in [1.165, 1.54) is 0 Å². The van der Waals surface area contributed by atoms with Crippen molar-refractivity contribution in [2.24, 2.45) is 7.05 Å². The largest absolute Gasteiger partial charge is 0.349 e. The van der Waals surface area contributed by atoms with Crippen molar-refractivity contribution in [3.8, 4) is 56.8 Å². The van der Waals surface area contributed by atoms with Crippen molar-refractivity contribution >= 4 is 67.9 Å². The summed E-state index contributed by atoms with van der Waals surface area (Å²) in [5.41, 5.74) is 9.28. The zero-order chi connectivity index (χ0) is 62.4. The van der Waals surface area contributed by atoms with Gasteiger partial charge in [0.15, 0.2) is 28.6 Å². The van der Waals surface area contributed by atoms with Crippen LogP contribution in [0.25, 0.3) is 89.9 Å². The highest BCUT2D eigenvalue weighted by Crippen LogP contribution is 2.39. The van der Waals surface area contributed by atoms with E-state index in [9.17, 15) is 0 Å². The van der Waals surface area contributed by atoms with Gasteiger partial charge in [0.25, 0.3) is 0 Å². The predicted molar refractivity (Wildman–Crippen MR) is 378 cm³/mol. The second kappa shape index (κ2) is 31.3. The van der Waals surface area contributed by atoms with Gasteiger partial charge in [0, 0.05) is 153 Å². The molecule has 0 bridgehead atoms. The van der Waals surface area contributed by atoms with E-state index >= 15 is 0 Å². The zero-order valence-electron chi connectivity index (χ0n) is 51.5. The van der Waals surface area contributed by atoms with Crippen molar-refractivity contribution in [3.05, 3.63) is 162 Å². The van der Waals surface area contributed by atoms with Crippen LogP contribution in [-0.2, 0) is 26.7 Å². The molecule has 15 rings (SSSR count). The van der Waals surface area contributed by atoms with Crippen molar-refractivity contribution in [2.45, 2.75) is 41.9 Å². The molecule has 0 aliphatic carbocycles. The minimum absolute atomic E-state index is 0. The molecule has 0 radical (unpaired) electrons. The lowest BCUT2D eigenvalue weighted by atomic mass is 10.1. The highest BCUT2D eigenvalue weighted by atomic mass is 35.5. The van der Waals surface area contributed by atoms with E-state index in [0.717, 1.165) is 179 Å². The van der Waals surface area contributed by atoms with Crippen LogP contribution in [0.15, 0.2) is 147 Å². The maximum atomic E-state index is 6.95. The molecule has 12 aromatic rings. The smallest absolute Gasteiger partial charge is 0.195 e. The third kappa shape index (κ3) is 14.9. The first kappa shape index (κ1) is 68.5. The lowest BCUT2D eigenvalue weighted by Gasteiger charge is -2.32. The van der Waals surface area contributed by atoms with Crippen molar-refractivity contribution in [1.82, 2.24) is 113 Å². The number of benzene rings is 3. The molecule has 0 amide bonds. The first-order valence-corrected chi connectivity index (χ1v) is 31.9. The fraction of sp³-hybridized carbons (Fsp3) is 0.368. The number of nitrogens with zero attached hydrogens (tertiary/aromatic N) is 23. The summed E-state index contributed by atoms with van der Waals surface area (Å²) < 4.78 is 11.2. The number of likely N-dealkylation sites (N-methyl/N-ethyl adjacent to an activating group) is 3. The Kier molecular flexibility index (Phi) is 22.8. The fourth-order valence-electron chi connectivity index (χ4n) is 11.8. The van der Waals surface area contributed by atoms with Gasteiger partial charge >= 0.3 is 0 Å². The summed E-state index contributed by atoms with van der Waals surface area (Å²) in [5, 5.41) is 50.0. The lowest BCUT2D eigenvalue weighted by molar-refractivity contribution is 0.149. The molecule has 9 aromatic heterocycles. The molecule has 0 N–H and O–H groups in total.